The van der Waals surface area contributed by atoms with Crippen molar-refractivity contribution in [2.75, 3.05) is 0 Å². The molecular weight excluding hydrogens is 444 g/mol. The molecule has 0 unspecified atom stereocenters. The fourth-order valence-electron chi connectivity index (χ4n) is 3.10. The maximum atomic E-state index is 13.1. The van der Waals surface area contributed by atoms with Crippen LogP contribution in [-0.2, 0) is 12.4 Å². The molecule has 0 saturated heterocycles. The summed E-state index contributed by atoms with van der Waals surface area (Å²) in [5.74, 6) is -2.46. The van der Waals surface area contributed by atoms with Crippen molar-refractivity contribution < 1.29 is 41.0 Å². The molecule has 2 aromatic carbocycles. The predicted octanol–water partition coefficient (Wildman–Crippen LogP) is 6.11. The number of halogens is 6. The van der Waals surface area contributed by atoms with E-state index in [1.54, 1.807) is 13.8 Å². The molecule has 0 aliphatic heterocycles. The summed E-state index contributed by atoms with van der Waals surface area (Å²) in [6, 6.07) is 4.23. The summed E-state index contributed by atoms with van der Waals surface area (Å²) in [5, 5.41) is 9.18. The zero-order valence-corrected chi connectivity index (χ0v) is 16.5. The first kappa shape index (κ1) is 23.2. The van der Waals surface area contributed by atoms with Crippen molar-refractivity contribution in [3.05, 3.63) is 69.5 Å². The second-order valence-corrected chi connectivity index (χ2v) is 7.20. The summed E-state index contributed by atoms with van der Waals surface area (Å²) in [5.41, 5.74) is -4.20. The van der Waals surface area contributed by atoms with Gasteiger partial charge in [0, 0.05) is 12.2 Å². The van der Waals surface area contributed by atoms with Gasteiger partial charge in [0.1, 0.15) is 17.1 Å². The number of nitrogens with zero attached hydrogens (tertiary/aromatic N) is 1. The summed E-state index contributed by atoms with van der Waals surface area (Å²) >= 11 is 0. The van der Waals surface area contributed by atoms with E-state index >= 15 is 0 Å². The largest absolute Gasteiger partial charge is 0.477 e. The zero-order chi connectivity index (χ0) is 24.0. The molecule has 0 spiro atoms. The van der Waals surface area contributed by atoms with E-state index in [0.29, 0.717) is 17.6 Å². The second kappa shape index (κ2) is 7.88. The van der Waals surface area contributed by atoms with Crippen molar-refractivity contribution in [3.63, 3.8) is 0 Å². The van der Waals surface area contributed by atoms with Crippen LogP contribution < -0.4 is 10.2 Å². The van der Waals surface area contributed by atoms with Gasteiger partial charge in [-0.2, -0.15) is 26.3 Å². The number of aromatic nitrogens is 1. The van der Waals surface area contributed by atoms with Gasteiger partial charge in [-0.05, 0) is 50.2 Å². The Balaban J connectivity index is 2.17. The quantitative estimate of drug-likeness (QED) is 0.478. The molecule has 1 N–H and O–H groups in total. The number of hydrogen-bond acceptors (Lipinski definition) is 3. The molecule has 0 aliphatic rings. The number of aromatic carboxylic acids is 1. The number of alkyl halides is 6. The lowest BCUT2D eigenvalue weighted by Crippen LogP contribution is -2.19. The summed E-state index contributed by atoms with van der Waals surface area (Å²) in [7, 11) is 0. The van der Waals surface area contributed by atoms with E-state index < -0.39 is 46.2 Å². The molecule has 3 rings (SSSR count). The molecule has 0 radical (unpaired) electrons. The van der Waals surface area contributed by atoms with Crippen molar-refractivity contribution in [2.45, 2.75) is 32.2 Å². The third-order valence-corrected chi connectivity index (χ3v) is 4.59. The van der Waals surface area contributed by atoms with Gasteiger partial charge in [0.05, 0.1) is 22.0 Å². The molecule has 0 bridgehead atoms. The number of ether oxygens (including phenoxy) is 1. The van der Waals surface area contributed by atoms with Crippen molar-refractivity contribution in [3.8, 4) is 11.5 Å². The Kier molecular flexibility index (Phi) is 5.71. The van der Waals surface area contributed by atoms with E-state index in [1.165, 1.54) is 22.9 Å². The van der Waals surface area contributed by atoms with E-state index in [0.717, 1.165) is 6.07 Å². The van der Waals surface area contributed by atoms with Crippen LogP contribution >= 0.6 is 0 Å². The Morgan fingerprint density at radius 2 is 1.50 bits per heavy atom. The minimum absolute atomic E-state index is 0.0340. The van der Waals surface area contributed by atoms with Crippen LogP contribution in [0.3, 0.4) is 0 Å². The van der Waals surface area contributed by atoms with Gasteiger partial charge in [0.2, 0.25) is 5.43 Å². The van der Waals surface area contributed by atoms with Crippen LogP contribution in [0.1, 0.15) is 41.4 Å². The Hall–Kier alpha value is -3.50. The Morgan fingerprint density at radius 3 is 1.97 bits per heavy atom. The van der Waals surface area contributed by atoms with Gasteiger partial charge in [-0.15, -0.1) is 0 Å². The van der Waals surface area contributed by atoms with Gasteiger partial charge in [-0.25, -0.2) is 4.79 Å². The Morgan fingerprint density at radius 1 is 0.938 bits per heavy atom. The van der Waals surface area contributed by atoms with Gasteiger partial charge in [0.25, 0.3) is 0 Å². The minimum atomic E-state index is -5.05. The van der Waals surface area contributed by atoms with E-state index in [1.807, 2.05) is 0 Å². The molecule has 0 aliphatic carbocycles. The number of pyridine rings is 1. The zero-order valence-electron chi connectivity index (χ0n) is 16.5. The maximum Gasteiger partial charge on any atom is 0.416 e. The van der Waals surface area contributed by atoms with Crippen LogP contribution in [0.2, 0.25) is 0 Å². The lowest BCUT2D eigenvalue weighted by Gasteiger charge is -2.17. The summed E-state index contributed by atoms with van der Waals surface area (Å²) in [6.45, 7) is 3.47. The molecule has 3 aromatic rings. The fourth-order valence-corrected chi connectivity index (χ4v) is 3.10. The first-order valence-electron chi connectivity index (χ1n) is 9.08. The number of hydrogen-bond donors (Lipinski definition) is 1. The van der Waals surface area contributed by atoms with Crippen LogP contribution in [0.15, 0.2) is 47.4 Å². The van der Waals surface area contributed by atoms with E-state index in [9.17, 15) is 41.0 Å². The molecule has 0 fully saturated rings. The average molecular weight is 459 g/mol. The van der Waals surface area contributed by atoms with Crippen LogP contribution in [0.4, 0.5) is 26.3 Å². The summed E-state index contributed by atoms with van der Waals surface area (Å²) in [4.78, 5) is 24.0. The topological polar surface area (TPSA) is 68.5 Å². The summed E-state index contributed by atoms with van der Waals surface area (Å²) < 4.78 is 85.0. The van der Waals surface area contributed by atoms with Gasteiger partial charge < -0.3 is 14.4 Å². The van der Waals surface area contributed by atoms with Crippen LogP contribution in [-0.4, -0.2) is 15.6 Å². The van der Waals surface area contributed by atoms with Gasteiger partial charge in [0.15, 0.2) is 0 Å². The molecular formula is C21H15F6NO4. The highest BCUT2D eigenvalue weighted by Crippen LogP contribution is 2.39. The van der Waals surface area contributed by atoms with Crippen LogP contribution in [0.5, 0.6) is 11.5 Å². The third-order valence-electron chi connectivity index (χ3n) is 4.59. The number of carboxylic acid groups (broad SMARTS) is 1. The SMILES string of the molecule is CC(C)n1cc(C(=O)O)c(=O)c2cc(Oc3cc(C(F)(F)F)cc(C(F)(F)F)c3)ccc21. The standard InChI is InChI=1S/C21H15F6NO4/c1-10(2)28-9-16(19(30)31)18(29)15-8-13(3-4-17(15)28)32-14-6-11(20(22,23)24)5-12(7-14)21(25,26)27/h3-10H,1-2H3,(H,30,31). The Labute approximate surface area is 176 Å². The Bertz CT molecular complexity index is 1230. The second-order valence-electron chi connectivity index (χ2n) is 7.20. The first-order valence-corrected chi connectivity index (χ1v) is 9.08. The van der Waals surface area contributed by atoms with Crippen LogP contribution in [0.25, 0.3) is 10.9 Å². The minimum Gasteiger partial charge on any atom is -0.477 e. The first-order chi connectivity index (χ1) is 14.7. The number of fused-ring (bicyclic) bond motifs is 1. The fraction of sp³-hybridized carbons (Fsp3) is 0.238. The number of rotatable bonds is 4. The molecule has 32 heavy (non-hydrogen) atoms. The number of benzene rings is 2. The van der Waals surface area contributed by atoms with Gasteiger partial charge in [-0.1, -0.05) is 0 Å². The summed E-state index contributed by atoms with van der Waals surface area (Å²) in [6.07, 6.45) is -8.94. The molecule has 1 aromatic heterocycles. The number of carbonyl (C=O) groups is 1. The van der Waals surface area contributed by atoms with Crippen molar-refractivity contribution >= 4 is 16.9 Å². The molecule has 11 heteroatoms. The molecule has 0 saturated carbocycles. The molecule has 0 amide bonds. The smallest absolute Gasteiger partial charge is 0.416 e. The third kappa shape index (κ3) is 4.56. The van der Waals surface area contributed by atoms with Crippen LogP contribution in [0, 0.1) is 0 Å². The van der Waals surface area contributed by atoms with E-state index in [2.05, 4.69) is 0 Å². The van der Waals surface area contributed by atoms with E-state index in [4.69, 9.17) is 4.74 Å². The highest BCUT2D eigenvalue weighted by Gasteiger charge is 2.37. The van der Waals surface area contributed by atoms with E-state index in [-0.39, 0.29) is 23.2 Å². The van der Waals surface area contributed by atoms with Gasteiger partial charge >= 0.3 is 18.3 Å². The molecule has 170 valence electrons. The maximum absolute atomic E-state index is 13.1. The lowest BCUT2D eigenvalue weighted by molar-refractivity contribution is -0.143. The lowest BCUT2D eigenvalue weighted by atomic mass is 10.1. The highest BCUT2D eigenvalue weighted by atomic mass is 19.4. The highest BCUT2D eigenvalue weighted by molar-refractivity contribution is 5.93. The van der Waals surface area contributed by atoms with Crippen molar-refractivity contribution in [1.82, 2.24) is 4.57 Å². The van der Waals surface area contributed by atoms with Gasteiger partial charge in [-0.3, -0.25) is 4.79 Å². The predicted molar refractivity (Wildman–Crippen MR) is 102 cm³/mol. The average Bonchev–Trinajstić information content (AvgIpc) is 2.66. The monoisotopic (exact) mass is 459 g/mol. The van der Waals surface area contributed by atoms with Crippen molar-refractivity contribution in [1.29, 1.82) is 0 Å². The molecule has 5 nitrogen and oxygen atoms in total. The molecule has 1 heterocycles. The normalized spacial score (nSPS) is 12.4. The number of carboxylic acids is 1. The molecule has 0 atom stereocenters. The van der Waals surface area contributed by atoms with Crippen molar-refractivity contribution in [2.24, 2.45) is 0 Å².